The molecule has 0 aliphatic carbocycles. The highest BCUT2D eigenvalue weighted by atomic mass is 16.1. The number of likely N-dealkylation sites (tertiary alicyclic amines) is 1. The molecule has 0 saturated carbocycles. The van der Waals surface area contributed by atoms with Crippen LogP contribution in [0.25, 0.3) is 5.65 Å². The second kappa shape index (κ2) is 4.04. The molecule has 2 aromatic heterocycles. The standard InChI is InChI=1S/C13H17N3O/c1-2-15-5-3-10(8-15)12-9-16-6-4-11(17)7-13(16)14-12/h4,6-7,9-10,14H,2-3,5,8H2,1H3. The first-order valence-corrected chi connectivity index (χ1v) is 6.19. The summed E-state index contributed by atoms with van der Waals surface area (Å²) in [6.07, 6.45) is 5.13. The molecule has 1 saturated heterocycles. The van der Waals surface area contributed by atoms with E-state index in [1.165, 1.54) is 18.7 Å². The highest BCUT2D eigenvalue weighted by Gasteiger charge is 2.23. The van der Waals surface area contributed by atoms with Crippen molar-refractivity contribution in [3.63, 3.8) is 0 Å². The van der Waals surface area contributed by atoms with Gasteiger partial charge in [-0.3, -0.25) is 4.79 Å². The lowest BCUT2D eigenvalue weighted by atomic mass is 10.1. The Morgan fingerprint density at radius 2 is 2.41 bits per heavy atom. The Balaban J connectivity index is 1.93. The van der Waals surface area contributed by atoms with E-state index in [4.69, 9.17) is 0 Å². The van der Waals surface area contributed by atoms with E-state index < -0.39 is 0 Å². The van der Waals surface area contributed by atoms with Gasteiger partial charge in [-0.2, -0.15) is 0 Å². The van der Waals surface area contributed by atoms with Gasteiger partial charge in [0.05, 0.1) is 0 Å². The maximum Gasteiger partial charge on any atom is 0.183 e. The van der Waals surface area contributed by atoms with Crippen molar-refractivity contribution in [1.82, 2.24) is 14.3 Å². The number of nitrogens with one attached hydrogen (secondary N) is 1. The number of pyridine rings is 1. The fourth-order valence-electron chi connectivity index (χ4n) is 2.62. The van der Waals surface area contributed by atoms with Gasteiger partial charge in [0.25, 0.3) is 0 Å². The third-order valence-corrected chi connectivity index (χ3v) is 3.67. The summed E-state index contributed by atoms with van der Waals surface area (Å²) in [6, 6.07) is 3.24. The lowest BCUT2D eigenvalue weighted by Gasteiger charge is -2.11. The van der Waals surface area contributed by atoms with E-state index in [1.54, 1.807) is 12.1 Å². The molecule has 2 aromatic rings. The molecule has 1 N–H and O–H groups in total. The topological polar surface area (TPSA) is 40.5 Å². The van der Waals surface area contributed by atoms with Crippen LogP contribution in [0.15, 0.2) is 29.3 Å². The molecule has 0 bridgehead atoms. The Labute approximate surface area is 99.9 Å². The van der Waals surface area contributed by atoms with E-state index in [1.807, 2.05) is 10.6 Å². The minimum Gasteiger partial charge on any atom is -0.343 e. The van der Waals surface area contributed by atoms with Crippen LogP contribution in [0.5, 0.6) is 0 Å². The molecule has 3 rings (SSSR count). The summed E-state index contributed by atoms with van der Waals surface area (Å²) >= 11 is 0. The smallest absolute Gasteiger partial charge is 0.183 e. The second-order valence-corrected chi connectivity index (χ2v) is 4.74. The van der Waals surface area contributed by atoms with Crippen LogP contribution in [0.4, 0.5) is 0 Å². The molecule has 0 aromatic carbocycles. The fraction of sp³-hybridized carbons (Fsp3) is 0.462. The van der Waals surface area contributed by atoms with E-state index >= 15 is 0 Å². The van der Waals surface area contributed by atoms with E-state index in [0.29, 0.717) is 5.92 Å². The highest BCUT2D eigenvalue weighted by Crippen LogP contribution is 2.26. The number of rotatable bonds is 2. The molecule has 0 spiro atoms. The van der Waals surface area contributed by atoms with Gasteiger partial charge in [-0.15, -0.1) is 0 Å². The molecule has 4 heteroatoms. The predicted molar refractivity (Wildman–Crippen MR) is 67.5 cm³/mol. The van der Waals surface area contributed by atoms with Gasteiger partial charge in [-0.1, -0.05) is 6.92 Å². The van der Waals surface area contributed by atoms with Crippen LogP contribution in [0.2, 0.25) is 0 Å². The van der Waals surface area contributed by atoms with Crippen LogP contribution >= 0.6 is 0 Å². The molecule has 3 heterocycles. The largest absolute Gasteiger partial charge is 0.343 e. The van der Waals surface area contributed by atoms with Crippen LogP contribution in [0.1, 0.15) is 25.0 Å². The number of hydrogen-bond donors (Lipinski definition) is 1. The number of nitrogens with zero attached hydrogens (tertiary/aromatic N) is 2. The number of H-pyrrole nitrogens is 1. The molecule has 1 aliphatic heterocycles. The number of imidazole rings is 1. The summed E-state index contributed by atoms with van der Waals surface area (Å²) in [5.74, 6) is 0.574. The molecule has 1 atom stereocenters. The van der Waals surface area contributed by atoms with Crippen molar-refractivity contribution in [3.05, 3.63) is 40.4 Å². The maximum absolute atomic E-state index is 11.3. The molecule has 0 amide bonds. The van der Waals surface area contributed by atoms with Gasteiger partial charge in [0, 0.05) is 42.7 Å². The fourth-order valence-corrected chi connectivity index (χ4v) is 2.62. The monoisotopic (exact) mass is 231 g/mol. The van der Waals surface area contributed by atoms with Crippen molar-refractivity contribution in [3.8, 4) is 0 Å². The van der Waals surface area contributed by atoms with Crippen molar-refractivity contribution in [1.29, 1.82) is 0 Å². The molecule has 0 radical (unpaired) electrons. The van der Waals surface area contributed by atoms with Gasteiger partial charge >= 0.3 is 0 Å². The number of aromatic amines is 1. The minimum atomic E-state index is 0.0556. The number of hydrogen-bond acceptors (Lipinski definition) is 2. The van der Waals surface area contributed by atoms with E-state index in [9.17, 15) is 4.79 Å². The van der Waals surface area contributed by atoms with Crippen LogP contribution in [0.3, 0.4) is 0 Å². The lowest BCUT2D eigenvalue weighted by Crippen LogP contribution is -2.19. The third kappa shape index (κ3) is 1.89. The predicted octanol–water partition coefficient (Wildman–Crippen LogP) is 1.44. The normalized spacial score (nSPS) is 21.4. The first kappa shape index (κ1) is 10.6. The van der Waals surface area contributed by atoms with Gasteiger partial charge in [-0.05, 0) is 19.5 Å². The van der Waals surface area contributed by atoms with Crippen LogP contribution < -0.4 is 5.43 Å². The summed E-state index contributed by atoms with van der Waals surface area (Å²) in [7, 11) is 0. The van der Waals surface area contributed by atoms with E-state index in [2.05, 4.69) is 23.0 Å². The summed E-state index contributed by atoms with van der Waals surface area (Å²) < 4.78 is 1.99. The summed E-state index contributed by atoms with van der Waals surface area (Å²) in [5.41, 5.74) is 2.19. The maximum atomic E-state index is 11.3. The van der Waals surface area contributed by atoms with Crippen molar-refractivity contribution in [2.24, 2.45) is 0 Å². The van der Waals surface area contributed by atoms with Gasteiger partial charge in [0.15, 0.2) is 5.43 Å². The highest BCUT2D eigenvalue weighted by molar-refractivity contribution is 5.40. The van der Waals surface area contributed by atoms with Gasteiger partial charge in [-0.25, -0.2) is 0 Å². The molecule has 90 valence electrons. The summed E-state index contributed by atoms with van der Waals surface area (Å²) in [6.45, 7) is 5.61. The summed E-state index contributed by atoms with van der Waals surface area (Å²) in [5, 5.41) is 0. The van der Waals surface area contributed by atoms with Crippen LogP contribution in [-0.2, 0) is 0 Å². The Morgan fingerprint density at radius 1 is 1.53 bits per heavy atom. The SMILES string of the molecule is CCN1CCC(c2cn3ccc(=O)cc3[nH]2)C1. The van der Waals surface area contributed by atoms with E-state index in [-0.39, 0.29) is 5.43 Å². The molecule has 1 fully saturated rings. The summed E-state index contributed by atoms with van der Waals surface area (Å²) in [4.78, 5) is 17.1. The van der Waals surface area contributed by atoms with Crippen LogP contribution in [0, 0.1) is 0 Å². The van der Waals surface area contributed by atoms with Gasteiger partial charge in [0.2, 0.25) is 0 Å². The minimum absolute atomic E-state index is 0.0556. The third-order valence-electron chi connectivity index (χ3n) is 3.67. The van der Waals surface area contributed by atoms with Gasteiger partial charge < -0.3 is 14.3 Å². The molecular formula is C13H17N3O. The van der Waals surface area contributed by atoms with Crippen molar-refractivity contribution in [2.45, 2.75) is 19.3 Å². The van der Waals surface area contributed by atoms with Crippen molar-refractivity contribution in [2.75, 3.05) is 19.6 Å². The number of likely N-dealkylation sites (N-methyl/N-ethyl adjacent to an activating group) is 1. The molecule has 1 unspecified atom stereocenters. The second-order valence-electron chi connectivity index (χ2n) is 4.74. The Bertz CT molecular complexity index is 584. The van der Waals surface area contributed by atoms with Crippen molar-refractivity contribution < 1.29 is 0 Å². The van der Waals surface area contributed by atoms with Crippen LogP contribution in [-0.4, -0.2) is 33.9 Å². The number of aromatic nitrogens is 2. The lowest BCUT2D eigenvalue weighted by molar-refractivity contribution is 0.353. The Morgan fingerprint density at radius 3 is 3.18 bits per heavy atom. The molecule has 4 nitrogen and oxygen atoms in total. The zero-order chi connectivity index (χ0) is 11.8. The van der Waals surface area contributed by atoms with Crippen molar-refractivity contribution >= 4 is 5.65 Å². The number of fused-ring (bicyclic) bond motifs is 1. The first-order chi connectivity index (χ1) is 8.26. The average molecular weight is 231 g/mol. The Hall–Kier alpha value is -1.55. The van der Waals surface area contributed by atoms with E-state index in [0.717, 1.165) is 18.7 Å². The molecule has 1 aliphatic rings. The molecular weight excluding hydrogens is 214 g/mol. The molecule has 17 heavy (non-hydrogen) atoms. The Kier molecular flexibility index (Phi) is 2.52. The first-order valence-electron chi connectivity index (χ1n) is 6.19. The zero-order valence-corrected chi connectivity index (χ0v) is 10.0. The average Bonchev–Trinajstić information content (AvgIpc) is 2.93. The zero-order valence-electron chi connectivity index (χ0n) is 10.0. The van der Waals surface area contributed by atoms with Gasteiger partial charge in [0.1, 0.15) is 5.65 Å². The quantitative estimate of drug-likeness (QED) is 0.849.